The van der Waals surface area contributed by atoms with Crippen molar-refractivity contribution in [2.24, 2.45) is 0 Å². The molecule has 8 heteroatoms. The molecule has 0 aromatic carbocycles. The zero-order valence-corrected chi connectivity index (χ0v) is 12.6. The molecule has 1 aliphatic rings. The molecule has 2 heterocycles. The fraction of sp³-hybridized carbons (Fsp3) is 0.667. The largest absolute Gasteiger partial charge is 0.481 e. The molecule has 1 fully saturated rings. The van der Waals surface area contributed by atoms with Crippen LogP contribution in [0, 0.1) is 0 Å². The van der Waals surface area contributed by atoms with Gasteiger partial charge in [0.1, 0.15) is 11.9 Å². The van der Waals surface area contributed by atoms with Crippen molar-refractivity contribution in [1.29, 1.82) is 0 Å². The normalized spacial score (nSPS) is 19.1. The Morgan fingerprint density at radius 3 is 2.70 bits per heavy atom. The van der Waals surface area contributed by atoms with Crippen LogP contribution < -0.4 is 0 Å². The molecular weight excluding hydrogens is 280 g/mol. The van der Waals surface area contributed by atoms with Crippen LogP contribution in [0.2, 0.25) is 0 Å². The van der Waals surface area contributed by atoms with Crippen molar-refractivity contribution in [3.63, 3.8) is 0 Å². The Bertz CT molecular complexity index is 529. The molecule has 1 amide bonds. The molecular formula is C12H18N4O3S. The first-order chi connectivity index (χ1) is 9.41. The molecule has 0 bridgehead atoms. The Morgan fingerprint density at radius 2 is 2.20 bits per heavy atom. The molecule has 2 rings (SSSR count). The van der Waals surface area contributed by atoms with E-state index in [1.807, 2.05) is 18.4 Å². The number of likely N-dealkylation sites (N-methyl/N-ethyl adjacent to an activating group) is 1. The van der Waals surface area contributed by atoms with Crippen LogP contribution in [0.3, 0.4) is 0 Å². The van der Waals surface area contributed by atoms with Gasteiger partial charge in [-0.2, -0.15) is 0 Å². The van der Waals surface area contributed by atoms with Crippen molar-refractivity contribution in [3.05, 3.63) is 5.82 Å². The van der Waals surface area contributed by atoms with Crippen LogP contribution in [0.25, 0.3) is 0 Å². The summed E-state index contributed by atoms with van der Waals surface area (Å²) in [4.78, 5) is 24.6. The highest BCUT2D eigenvalue weighted by atomic mass is 32.2. The number of rotatable bonds is 5. The van der Waals surface area contributed by atoms with Gasteiger partial charge in [0.05, 0.1) is 5.75 Å². The van der Waals surface area contributed by atoms with Gasteiger partial charge in [-0.15, -0.1) is 10.2 Å². The number of carbonyl (C=O) groups is 2. The van der Waals surface area contributed by atoms with E-state index in [2.05, 4.69) is 10.2 Å². The number of amides is 1. The van der Waals surface area contributed by atoms with Gasteiger partial charge in [0, 0.05) is 19.5 Å². The lowest BCUT2D eigenvalue weighted by molar-refractivity contribution is -0.134. The summed E-state index contributed by atoms with van der Waals surface area (Å²) in [5.41, 5.74) is 0. The molecule has 0 aliphatic carbocycles. The number of carbonyl (C=O) groups excluding carboxylic acids is 1. The Hall–Kier alpha value is -1.57. The number of thioether (sulfide) groups is 1. The summed E-state index contributed by atoms with van der Waals surface area (Å²) in [5, 5.41) is 17.5. The molecule has 1 atom stereocenters. The number of hydrogen-bond donors (Lipinski definition) is 1. The first-order valence-corrected chi connectivity index (χ1v) is 7.44. The maximum atomic E-state index is 12.2. The maximum Gasteiger partial charge on any atom is 0.313 e. The van der Waals surface area contributed by atoms with E-state index in [4.69, 9.17) is 5.11 Å². The third kappa shape index (κ3) is 2.79. The summed E-state index contributed by atoms with van der Waals surface area (Å²) in [6, 6.07) is -0.316. The number of likely N-dealkylation sites (tertiary alicyclic amines) is 1. The average molecular weight is 298 g/mol. The number of carboxylic acids is 1. The maximum absolute atomic E-state index is 12.2. The van der Waals surface area contributed by atoms with E-state index in [1.54, 1.807) is 11.9 Å². The fourth-order valence-corrected chi connectivity index (χ4v) is 2.95. The highest BCUT2D eigenvalue weighted by molar-refractivity contribution is 7.99. The lowest BCUT2D eigenvalue weighted by Crippen LogP contribution is -2.26. The second-order valence-corrected chi connectivity index (χ2v) is 6.05. The van der Waals surface area contributed by atoms with Crippen LogP contribution in [-0.2, 0) is 9.59 Å². The van der Waals surface area contributed by atoms with Gasteiger partial charge >= 0.3 is 5.97 Å². The van der Waals surface area contributed by atoms with E-state index < -0.39 is 5.97 Å². The summed E-state index contributed by atoms with van der Waals surface area (Å²) in [5.74, 6) is -0.117. The van der Waals surface area contributed by atoms with Crippen LogP contribution in [0.4, 0.5) is 0 Å². The van der Waals surface area contributed by atoms with Crippen LogP contribution >= 0.6 is 11.8 Å². The number of hydrogen-bond acceptors (Lipinski definition) is 5. The molecule has 110 valence electrons. The van der Waals surface area contributed by atoms with Crippen LogP contribution in [0.1, 0.15) is 38.1 Å². The van der Waals surface area contributed by atoms with Gasteiger partial charge in [-0.25, -0.2) is 0 Å². The van der Waals surface area contributed by atoms with Crippen LogP contribution in [0.15, 0.2) is 5.16 Å². The summed E-state index contributed by atoms with van der Waals surface area (Å²) < 4.78 is 1.81. The number of nitrogens with zero attached hydrogens (tertiary/aromatic N) is 4. The predicted octanol–water partition coefficient (Wildman–Crippen LogP) is 0.981. The molecule has 0 saturated carbocycles. The van der Waals surface area contributed by atoms with Gasteiger partial charge < -0.3 is 10.0 Å². The molecule has 1 aromatic heterocycles. The van der Waals surface area contributed by atoms with E-state index in [9.17, 15) is 9.59 Å². The highest BCUT2D eigenvalue weighted by Crippen LogP contribution is 2.31. The second-order valence-electron chi connectivity index (χ2n) is 5.11. The van der Waals surface area contributed by atoms with Gasteiger partial charge in [0.25, 0.3) is 0 Å². The zero-order chi connectivity index (χ0) is 14.9. The monoisotopic (exact) mass is 298 g/mol. The summed E-state index contributed by atoms with van der Waals surface area (Å²) >= 11 is 1.10. The molecule has 1 aromatic rings. The van der Waals surface area contributed by atoms with E-state index in [0.717, 1.165) is 17.6 Å². The van der Waals surface area contributed by atoms with Gasteiger partial charge in [-0.05, 0) is 6.42 Å². The molecule has 20 heavy (non-hydrogen) atoms. The molecule has 7 nitrogen and oxygen atoms in total. The minimum Gasteiger partial charge on any atom is -0.481 e. The van der Waals surface area contributed by atoms with Crippen LogP contribution in [-0.4, -0.2) is 56.0 Å². The molecule has 1 N–H and O–H groups in total. The lowest BCUT2D eigenvalue weighted by atomic mass is 10.2. The lowest BCUT2D eigenvalue weighted by Gasteiger charge is -2.17. The summed E-state index contributed by atoms with van der Waals surface area (Å²) in [6.07, 6.45) is 0.702. The van der Waals surface area contributed by atoms with E-state index in [-0.39, 0.29) is 23.6 Å². The highest BCUT2D eigenvalue weighted by Gasteiger charge is 2.34. The first kappa shape index (κ1) is 14.8. The summed E-state index contributed by atoms with van der Waals surface area (Å²) in [7, 11) is 1.77. The Balaban J connectivity index is 2.34. The fourth-order valence-electron chi connectivity index (χ4n) is 2.24. The summed E-state index contributed by atoms with van der Waals surface area (Å²) in [6.45, 7) is 4.66. The number of carboxylic acid groups (broad SMARTS) is 1. The molecule has 0 radical (unpaired) electrons. The molecule has 1 saturated heterocycles. The quantitative estimate of drug-likeness (QED) is 0.815. The predicted molar refractivity (Wildman–Crippen MR) is 73.8 cm³/mol. The Morgan fingerprint density at radius 1 is 1.50 bits per heavy atom. The number of aromatic nitrogens is 3. The van der Waals surface area contributed by atoms with Crippen molar-refractivity contribution in [3.8, 4) is 0 Å². The molecule has 1 aliphatic heterocycles. The topological polar surface area (TPSA) is 88.3 Å². The minimum atomic E-state index is -0.912. The second kappa shape index (κ2) is 5.82. The standard InChI is InChI=1S/C12H18N4O3S/c1-7(2)10-13-14-12(20-6-9(17)18)16(10)8-4-5-15(3)11(8)19/h7-8H,4-6H2,1-3H3,(H,17,18). The van der Waals surface area contributed by atoms with Gasteiger partial charge in [-0.3, -0.25) is 14.2 Å². The average Bonchev–Trinajstić information content (AvgIpc) is 2.92. The SMILES string of the molecule is CC(C)c1nnc(SCC(=O)O)n1C1CCN(C)C1=O. The van der Waals surface area contributed by atoms with Gasteiger partial charge in [0.15, 0.2) is 5.16 Å². The third-order valence-electron chi connectivity index (χ3n) is 3.24. The zero-order valence-electron chi connectivity index (χ0n) is 11.7. The third-order valence-corrected chi connectivity index (χ3v) is 4.17. The van der Waals surface area contributed by atoms with E-state index >= 15 is 0 Å². The smallest absolute Gasteiger partial charge is 0.313 e. The van der Waals surface area contributed by atoms with Crippen molar-refractivity contribution >= 4 is 23.6 Å². The van der Waals surface area contributed by atoms with Crippen molar-refractivity contribution in [1.82, 2.24) is 19.7 Å². The van der Waals surface area contributed by atoms with Crippen molar-refractivity contribution < 1.29 is 14.7 Å². The van der Waals surface area contributed by atoms with Gasteiger partial charge in [-0.1, -0.05) is 25.6 Å². The Labute approximate surface area is 121 Å². The Kier molecular flexibility index (Phi) is 4.32. The molecule has 0 spiro atoms. The first-order valence-electron chi connectivity index (χ1n) is 6.46. The van der Waals surface area contributed by atoms with Crippen LogP contribution in [0.5, 0.6) is 0 Å². The van der Waals surface area contributed by atoms with Gasteiger partial charge in [0.2, 0.25) is 5.91 Å². The van der Waals surface area contributed by atoms with E-state index in [0.29, 0.717) is 18.1 Å². The number of aliphatic carboxylic acids is 1. The van der Waals surface area contributed by atoms with Crippen molar-refractivity contribution in [2.45, 2.75) is 37.4 Å². The van der Waals surface area contributed by atoms with E-state index in [1.165, 1.54) is 0 Å². The molecule has 1 unspecified atom stereocenters. The van der Waals surface area contributed by atoms with Crippen molar-refractivity contribution in [2.75, 3.05) is 19.3 Å². The minimum absolute atomic E-state index is 0.0314.